The van der Waals surface area contributed by atoms with E-state index in [0.717, 1.165) is 30.5 Å². The second-order valence-corrected chi connectivity index (χ2v) is 12.9. The van der Waals surface area contributed by atoms with Crippen molar-refractivity contribution < 1.29 is 31.9 Å². The molecule has 0 saturated carbocycles. The summed E-state index contributed by atoms with van der Waals surface area (Å²) in [5.74, 6) is -2.03. The summed E-state index contributed by atoms with van der Waals surface area (Å²) in [5, 5.41) is 11.2. The number of amides is 2. The third-order valence-corrected chi connectivity index (χ3v) is 9.99. The molecule has 0 bridgehead atoms. The Balaban J connectivity index is 1.23. The number of rotatable bonds is 7. The summed E-state index contributed by atoms with van der Waals surface area (Å²) in [7, 11) is 0. The van der Waals surface area contributed by atoms with E-state index < -0.39 is 17.5 Å². The number of fused-ring (bicyclic) bond motifs is 4. The van der Waals surface area contributed by atoms with Crippen molar-refractivity contribution in [2.45, 2.75) is 44.7 Å². The van der Waals surface area contributed by atoms with Gasteiger partial charge in [-0.1, -0.05) is 12.1 Å². The highest BCUT2D eigenvalue weighted by Crippen LogP contribution is 2.50. The Morgan fingerprint density at radius 2 is 1.91 bits per heavy atom. The Morgan fingerprint density at radius 1 is 1.04 bits per heavy atom. The summed E-state index contributed by atoms with van der Waals surface area (Å²) in [6.45, 7) is 2.61. The van der Waals surface area contributed by atoms with Gasteiger partial charge in [0.25, 0.3) is 11.8 Å². The predicted molar refractivity (Wildman–Crippen MR) is 164 cm³/mol. The zero-order valence-corrected chi connectivity index (χ0v) is 25.8. The maximum atomic E-state index is 14.0. The number of hydrogen-bond donors (Lipinski definition) is 1. The van der Waals surface area contributed by atoms with Crippen LogP contribution in [0.25, 0.3) is 21.9 Å². The number of aryl methyl sites for hydroxylation is 1. The minimum atomic E-state index is -0.994. The van der Waals surface area contributed by atoms with Gasteiger partial charge in [0.15, 0.2) is 11.6 Å². The molecule has 0 unspecified atom stereocenters. The molecule has 13 heteroatoms. The van der Waals surface area contributed by atoms with Crippen LogP contribution in [-0.2, 0) is 13.0 Å². The first-order valence-electron chi connectivity index (χ1n) is 15.2. The van der Waals surface area contributed by atoms with Crippen molar-refractivity contribution in [3.63, 3.8) is 0 Å². The van der Waals surface area contributed by atoms with E-state index in [4.69, 9.17) is 14.1 Å². The molecule has 238 valence electrons. The van der Waals surface area contributed by atoms with Crippen molar-refractivity contribution in [3.8, 4) is 27.6 Å². The monoisotopic (exact) mass is 657 g/mol. The number of pyridine rings is 1. The number of ether oxygens (including phenoxy) is 1. The van der Waals surface area contributed by atoms with Gasteiger partial charge in [0.1, 0.15) is 11.6 Å². The third-order valence-electron chi connectivity index (χ3n) is 8.89. The topological polar surface area (TPSA) is 110 Å². The zero-order chi connectivity index (χ0) is 32.4. The lowest BCUT2D eigenvalue weighted by Crippen LogP contribution is -2.23. The maximum absolute atomic E-state index is 14.0. The minimum absolute atomic E-state index is 0.00542. The second-order valence-electron chi connectivity index (χ2n) is 11.8. The Hall–Kier alpha value is -5.04. The molecule has 3 aromatic heterocycles. The zero-order valence-electron chi connectivity index (χ0n) is 25.0. The van der Waals surface area contributed by atoms with Gasteiger partial charge in [0.2, 0.25) is 11.8 Å². The smallest absolute Gasteiger partial charge is 0.261 e. The van der Waals surface area contributed by atoms with Crippen molar-refractivity contribution in [1.82, 2.24) is 25.4 Å². The molecule has 3 aliphatic rings. The minimum Gasteiger partial charge on any atom is -0.493 e. The fraction of sp³-hybridized carbons (Fsp3) is 0.265. The second kappa shape index (κ2) is 11.3. The summed E-state index contributed by atoms with van der Waals surface area (Å²) in [4.78, 5) is 35.2. The molecule has 1 N–H and O–H groups in total. The van der Waals surface area contributed by atoms with Gasteiger partial charge in [-0.2, -0.15) is 0 Å². The van der Waals surface area contributed by atoms with Gasteiger partial charge in [0.05, 0.1) is 40.0 Å². The standard InChI is InChI=1S/C34H26F3N5O4S/c1-16-40-41-33(46-16)28-23(12-18-15-45-25-13-19(35)5-6-20(18)25)39-31-24-3-2-10-42(24)34(44)30(31)29(28)26-8-9-27(47-26)32(43)38-14-17-4-7-21(36)22(37)11-17/h4-9,11,13,18,24H,2-3,10,12,14-15H2,1H3,(H,38,43)/t18-,24-/m1/s1. The van der Waals surface area contributed by atoms with Crippen LogP contribution < -0.4 is 10.1 Å². The number of halogens is 3. The average molecular weight is 658 g/mol. The molecule has 0 aliphatic carbocycles. The van der Waals surface area contributed by atoms with Crippen LogP contribution in [0.5, 0.6) is 5.75 Å². The Kier molecular flexibility index (Phi) is 7.08. The van der Waals surface area contributed by atoms with Crippen molar-refractivity contribution in [1.29, 1.82) is 0 Å². The van der Waals surface area contributed by atoms with E-state index in [9.17, 15) is 22.8 Å². The van der Waals surface area contributed by atoms with Crippen LogP contribution in [0.3, 0.4) is 0 Å². The molecule has 9 nitrogen and oxygen atoms in total. The van der Waals surface area contributed by atoms with Gasteiger partial charge in [-0.15, -0.1) is 21.5 Å². The lowest BCUT2D eigenvalue weighted by atomic mass is 9.89. The van der Waals surface area contributed by atoms with E-state index in [0.29, 0.717) is 74.6 Å². The van der Waals surface area contributed by atoms with Gasteiger partial charge < -0.3 is 19.4 Å². The van der Waals surface area contributed by atoms with Crippen LogP contribution in [0.2, 0.25) is 0 Å². The molecule has 47 heavy (non-hydrogen) atoms. The molecule has 6 heterocycles. The van der Waals surface area contributed by atoms with E-state index in [-0.39, 0.29) is 36.1 Å². The molecule has 8 rings (SSSR count). The van der Waals surface area contributed by atoms with E-state index in [1.165, 1.54) is 29.5 Å². The highest BCUT2D eigenvalue weighted by atomic mass is 32.1. The molecule has 3 aliphatic heterocycles. The summed E-state index contributed by atoms with van der Waals surface area (Å²) in [6.07, 6.45) is 2.04. The van der Waals surface area contributed by atoms with E-state index in [1.807, 2.05) is 4.90 Å². The average Bonchev–Trinajstić information content (AvgIpc) is 3.89. The van der Waals surface area contributed by atoms with Crippen molar-refractivity contribution in [3.05, 3.63) is 105 Å². The first-order chi connectivity index (χ1) is 22.7. The lowest BCUT2D eigenvalue weighted by molar-refractivity contribution is 0.0776. The highest BCUT2D eigenvalue weighted by Gasteiger charge is 2.45. The van der Waals surface area contributed by atoms with Crippen molar-refractivity contribution in [2.24, 2.45) is 0 Å². The SMILES string of the molecule is Cc1nnc(-c2c(C[C@@H]3COc4cc(F)ccc43)nc3c(c2-c2ccc(C(=O)NCc4ccc(F)c(F)c4)s2)C(=O)N2CCC[C@H]32)o1. The maximum Gasteiger partial charge on any atom is 0.261 e. The largest absolute Gasteiger partial charge is 0.493 e. The number of aromatic nitrogens is 3. The molecule has 1 fully saturated rings. The van der Waals surface area contributed by atoms with Crippen LogP contribution in [0.1, 0.15) is 73.2 Å². The number of nitrogens with zero attached hydrogens (tertiary/aromatic N) is 4. The first kappa shape index (κ1) is 29.4. The molecule has 0 radical (unpaired) electrons. The fourth-order valence-electron chi connectivity index (χ4n) is 6.74. The molecule has 5 aromatic rings. The summed E-state index contributed by atoms with van der Waals surface area (Å²) < 4.78 is 52.9. The Labute approximate surface area is 270 Å². The van der Waals surface area contributed by atoms with Gasteiger partial charge in [-0.3, -0.25) is 14.6 Å². The molecular formula is C34H26F3N5O4S. The number of nitrogens with one attached hydrogen (secondary N) is 1. The van der Waals surface area contributed by atoms with Gasteiger partial charge in [-0.25, -0.2) is 13.2 Å². The van der Waals surface area contributed by atoms with Crippen molar-refractivity contribution >= 4 is 23.2 Å². The normalized spacial score (nSPS) is 17.9. The number of thiophene rings is 1. The number of benzene rings is 2. The molecule has 0 spiro atoms. The van der Waals surface area contributed by atoms with Gasteiger partial charge >= 0.3 is 0 Å². The first-order valence-corrected chi connectivity index (χ1v) is 16.0. The Bertz CT molecular complexity index is 2100. The number of hydrogen-bond acceptors (Lipinski definition) is 8. The molecule has 2 aromatic carbocycles. The molecule has 2 atom stereocenters. The molecular weight excluding hydrogens is 631 g/mol. The van der Waals surface area contributed by atoms with Gasteiger partial charge in [0, 0.05) is 54.4 Å². The van der Waals surface area contributed by atoms with Gasteiger partial charge in [-0.05, 0) is 48.7 Å². The van der Waals surface area contributed by atoms with Crippen LogP contribution in [0.4, 0.5) is 13.2 Å². The summed E-state index contributed by atoms with van der Waals surface area (Å²) in [5.41, 5.74) is 4.09. The van der Waals surface area contributed by atoms with E-state index >= 15 is 0 Å². The van der Waals surface area contributed by atoms with Crippen LogP contribution in [-0.4, -0.2) is 45.0 Å². The quantitative estimate of drug-likeness (QED) is 0.212. The van der Waals surface area contributed by atoms with Crippen LogP contribution in [0.15, 0.2) is 52.9 Å². The fourth-order valence-corrected chi connectivity index (χ4v) is 7.72. The van der Waals surface area contributed by atoms with E-state index in [2.05, 4.69) is 15.5 Å². The number of carbonyl (C=O) groups is 2. The summed E-state index contributed by atoms with van der Waals surface area (Å²) in [6, 6.07) is 11.2. The summed E-state index contributed by atoms with van der Waals surface area (Å²) >= 11 is 1.19. The van der Waals surface area contributed by atoms with Crippen molar-refractivity contribution in [2.75, 3.05) is 13.2 Å². The van der Waals surface area contributed by atoms with Crippen LogP contribution in [0, 0.1) is 24.4 Å². The third kappa shape index (κ3) is 5.05. The Morgan fingerprint density at radius 3 is 2.72 bits per heavy atom. The van der Waals surface area contributed by atoms with E-state index in [1.54, 1.807) is 25.1 Å². The lowest BCUT2D eigenvalue weighted by Gasteiger charge is -2.18. The molecule has 2 amide bonds. The van der Waals surface area contributed by atoms with Crippen LogP contribution >= 0.6 is 11.3 Å². The number of carbonyl (C=O) groups excluding carboxylic acids is 2. The highest BCUT2D eigenvalue weighted by molar-refractivity contribution is 7.17. The predicted octanol–water partition coefficient (Wildman–Crippen LogP) is 6.53. The molecule has 1 saturated heterocycles.